The van der Waals surface area contributed by atoms with E-state index in [1.807, 2.05) is 0 Å². The number of benzene rings is 2. The van der Waals surface area contributed by atoms with Crippen LogP contribution in [0.1, 0.15) is 48.3 Å². The highest BCUT2D eigenvalue weighted by atomic mass is 28.1. The Hall–Kier alpha value is -1.82. The van der Waals surface area contributed by atoms with Crippen LogP contribution in [0.2, 0.25) is 6.04 Å². The molecule has 1 fully saturated rings. The van der Waals surface area contributed by atoms with Crippen molar-refractivity contribution in [3.05, 3.63) is 64.7 Å². The van der Waals surface area contributed by atoms with Gasteiger partial charge >= 0.3 is 6.11 Å². The summed E-state index contributed by atoms with van der Waals surface area (Å²) in [7, 11) is 3.50. The number of hydrogen-bond donors (Lipinski definition) is 0. The van der Waals surface area contributed by atoms with E-state index in [1.54, 1.807) is 19.1 Å². The number of alkyl halides is 2. The molecule has 2 aromatic rings. The Kier molecular flexibility index (Phi) is 5.94. The second kappa shape index (κ2) is 8.05. The lowest BCUT2D eigenvalue weighted by molar-refractivity contribution is -0.189. The first-order chi connectivity index (χ1) is 12.8. The van der Waals surface area contributed by atoms with E-state index in [1.165, 1.54) is 12.1 Å². The van der Waals surface area contributed by atoms with Crippen LogP contribution in [-0.4, -0.2) is 10.2 Å². The summed E-state index contributed by atoms with van der Waals surface area (Å²) in [6.45, 7) is 1.80. The SMILES string of the molecule is Cc1ccc(OC(F)(F)c2c(F)cc(C3CCC(C[Si])CC3)cc2F)cc1. The van der Waals surface area contributed by atoms with E-state index in [2.05, 4.69) is 15.0 Å². The minimum Gasteiger partial charge on any atom is -0.429 e. The number of halogens is 4. The minimum atomic E-state index is -4.10. The first kappa shape index (κ1) is 19.9. The molecule has 0 N–H and O–H groups in total. The summed E-state index contributed by atoms with van der Waals surface area (Å²) in [5, 5.41) is 0. The molecule has 1 nitrogen and oxygen atoms in total. The largest absolute Gasteiger partial charge is 0.432 e. The molecule has 3 radical (unpaired) electrons. The Labute approximate surface area is 160 Å². The average molecular weight is 393 g/mol. The minimum absolute atomic E-state index is 0.0100. The van der Waals surface area contributed by atoms with Crippen LogP contribution in [0.25, 0.3) is 0 Å². The smallest absolute Gasteiger partial charge is 0.429 e. The fourth-order valence-corrected chi connectivity index (χ4v) is 4.02. The monoisotopic (exact) mass is 393 g/mol. The Morgan fingerprint density at radius 3 is 2.07 bits per heavy atom. The lowest BCUT2D eigenvalue weighted by Gasteiger charge is -2.28. The summed E-state index contributed by atoms with van der Waals surface area (Å²) in [5.41, 5.74) is -0.0464. The van der Waals surface area contributed by atoms with E-state index in [4.69, 9.17) is 0 Å². The Morgan fingerprint density at radius 2 is 1.56 bits per heavy atom. The highest BCUT2D eigenvalue weighted by molar-refractivity contribution is 6.08. The van der Waals surface area contributed by atoms with Gasteiger partial charge in [0.25, 0.3) is 0 Å². The van der Waals surface area contributed by atoms with Gasteiger partial charge in [-0.25, -0.2) is 8.78 Å². The van der Waals surface area contributed by atoms with E-state index in [-0.39, 0.29) is 11.7 Å². The summed E-state index contributed by atoms with van der Waals surface area (Å²) >= 11 is 0. The molecule has 3 rings (SSSR count). The molecular formula is C21H21F4OSi. The van der Waals surface area contributed by atoms with Crippen LogP contribution < -0.4 is 4.74 Å². The van der Waals surface area contributed by atoms with Crippen LogP contribution in [0.4, 0.5) is 17.6 Å². The van der Waals surface area contributed by atoms with Crippen molar-refractivity contribution in [1.82, 2.24) is 0 Å². The van der Waals surface area contributed by atoms with Crippen LogP contribution in [0.5, 0.6) is 5.75 Å². The van der Waals surface area contributed by atoms with Gasteiger partial charge in [-0.2, -0.15) is 8.78 Å². The second-order valence-electron chi connectivity index (χ2n) is 7.21. The van der Waals surface area contributed by atoms with Crippen LogP contribution in [-0.2, 0) is 6.11 Å². The third-order valence-electron chi connectivity index (χ3n) is 5.23. The molecule has 1 saturated carbocycles. The van der Waals surface area contributed by atoms with Crippen LogP contribution in [0, 0.1) is 24.5 Å². The predicted octanol–water partition coefficient (Wildman–Crippen LogP) is 6.26. The number of hydrogen-bond acceptors (Lipinski definition) is 1. The highest BCUT2D eigenvalue weighted by Gasteiger charge is 2.41. The van der Waals surface area contributed by atoms with Crippen molar-refractivity contribution >= 4 is 10.2 Å². The molecule has 0 atom stereocenters. The summed E-state index contributed by atoms with van der Waals surface area (Å²) in [4.78, 5) is 0. The van der Waals surface area contributed by atoms with Crippen LogP contribution >= 0.6 is 0 Å². The molecule has 0 unspecified atom stereocenters. The molecule has 0 aliphatic heterocycles. The molecule has 1 aliphatic carbocycles. The zero-order chi connectivity index (χ0) is 19.6. The predicted molar refractivity (Wildman–Crippen MR) is 97.3 cm³/mol. The van der Waals surface area contributed by atoms with Gasteiger partial charge in [-0.1, -0.05) is 36.6 Å². The molecule has 0 saturated heterocycles. The fourth-order valence-electron chi connectivity index (χ4n) is 3.61. The first-order valence-corrected chi connectivity index (χ1v) is 9.78. The molecule has 0 bridgehead atoms. The molecule has 0 heterocycles. The average Bonchev–Trinajstić information content (AvgIpc) is 2.62. The lowest BCUT2D eigenvalue weighted by atomic mass is 9.79. The quantitative estimate of drug-likeness (QED) is 0.430. The third-order valence-corrected chi connectivity index (χ3v) is 5.81. The molecule has 6 heteroatoms. The number of aryl methyl sites for hydroxylation is 1. The van der Waals surface area contributed by atoms with Crippen molar-refractivity contribution in [2.75, 3.05) is 0 Å². The lowest BCUT2D eigenvalue weighted by Crippen LogP contribution is -2.25. The van der Waals surface area contributed by atoms with Gasteiger partial charge < -0.3 is 4.74 Å². The van der Waals surface area contributed by atoms with Gasteiger partial charge in [0.1, 0.15) is 22.9 Å². The molecule has 0 spiro atoms. The maximum absolute atomic E-state index is 14.5. The molecule has 0 amide bonds. The second-order valence-corrected chi connectivity index (χ2v) is 7.62. The van der Waals surface area contributed by atoms with E-state index >= 15 is 0 Å². The van der Waals surface area contributed by atoms with Crippen LogP contribution in [0.3, 0.4) is 0 Å². The first-order valence-electron chi connectivity index (χ1n) is 9.07. The van der Waals surface area contributed by atoms with Gasteiger partial charge in [0, 0.05) is 10.2 Å². The fraction of sp³-hybridized carbons (Fsp3) is 0.429. The molecule has 1 aliphatic rings. The zero-order valence-corrected chi connectivity index (χ0v) is 16.1. The highest BCUT2D eigenvalue weighted by Crippen LogP contribution is 2.40. The maximum atomic E-state index is 14.5. The standard InChI is InChI=1S/C21H21F4OSi/c1-13-2-8-17(9-3-13)26-21(24,25)20-18(22)10-16(11-19(20)23)15-6-4-14(12-27)5-7-15/h2-3,8-11,14-15H,4-7,12H2,1H3. The van der Waals surface area contributed by atoms with E-state index in [0.29, 0.717) is 11.5 Å². The normalized spacial score (nSPS) is 20.5. The molecule has 27 heavy (non-hydrogen) atoms. The summed E-state index contributed by atoms with van der Waals surface area (Å²) in [6.07, 6.45) is -0.611. The molecular weight excluding hydrogens is 372 g/mol. The topological polar surface area (TPSA) is 9.23 Å². The van der Waals surface area contributed by atoms with Gasteiger partial charge in [-0.05, 0) is 61.4 Å². The van der Waals surface area contributed by atoms with E-state index in [9.17, 15) is 17.6 Å². The third kappa shape index (κ3) is 4.54. The van der Waals surface area contributed by atoms with Crippen molar-refractivity contribution in [2.24, 2.45) is 5.92 Å². The molecule has 2 aromatic carbocycles. The Balaban J connectivity index is 1.82. The van der Waals surface area contributed by atoms with Gasteiger partial charge in [0.15, 0.2) is 0 Å². The Bertz CT molecular complexity index is 760. The molecule has 0 aromatic heterocycles. The van der Waals surface area contributed by atoms with Crippen LogP contribution in [0.15, 0.2) is 36.4 Å². The Morgan fingerprint density at radius 1 is 1.00 bits per heavy atom. The molecule has 143 valence electrons. The summed E-state index contributed by atoms with van der Waals surface area (Å²) in [6, 6.07) is 8.82. The van der Waals surface area contributed by atoms with Gasteiger partial charge in [-0.15, -0.1) is 0 Å². The van der Waals surface area contributed by atoms with Gasteiger partial charge in [0.2, 0.25) is 0 Å². The number of rotatable bonds is 5. The van der Waals surface area contributed by atoms with Crippen molar-refractivity contribution in [3.63, 3.8) is 0 Å². The van der Waals surface area contributed by atoms with Gasteiger partial charge in [0.05, 0.1) is 0 Å². The van der Waals surface area contributed by atoms with Crippen molar-refractivity contribution in [3.8, 4) is 5.75 Å². The maximum Gasteiger partial charge on any atom is 0.432 e. The summed E-state index contributed by atoms with van der Waals surface area (Å²) < 4.78 is 62.4. The van der Waals surface area contributed by atoms with E-state index < -0.39 is 23.3 Å². The number of ether oxygens (including phenoxy) is 1. The van der Waals surface area contributed by atoms with Crippen molar-refractivity contribution in [2.45, 2.75) is 50.7 Å². The zero-order valence-electron chi connectivity index (χ0n) is 15.1. The summed E-state index contributed by atoms with van der Waals surface area (Å²) in [5.74, 6) is -2.15. The van der Waals surface area contributed by atoms with Gasteiger partial charge in [-0.3, -0.25) is 0 Å². The van der Waals surface area contributed by atoms with Crippen molar-refractivity contribution < 1.29 is 22.3 Å². The van der Waals surface area contributed by atoms with Crippen molar-refractivity contribution in [1.29, 1.82) is 0 Å². The van der Waals surface area contributed by atoms with E-state index in [0.717, 1.165) is 49.4 Å².